The maximum Gasteiger partial charge on any atom is 0.252 e. The molecule has 3 heterocycles. The number of rotatable bonds is 6. The summed E-state index contributed by atoms with van der Waals surface area (Å²) in [6.45, 7) is 6.26. The molecule has 0 unspecified atom stereocenters. The Bertz CT molecular complexity index is 697. The van der Waals surface area contributed by atoms with Crippen molar-refractivity contribution in [3.63, 3.8) is 0 Å². The molecule has 1 amide bonds. The molecule has 1 aliphatic rings. The number of amides is 1. The van der Waals surface area contributed by atoms with Crippen molar-refractivity contribution < 1.29 is 4.79 Å². The van der Waals surface area contributed by atoms with Crippen molar-refractivity contribution in [1.82, 2.24) is 25.1 Å². The topological polar surface area (TPSA) is 84.7 Å². The second kappa shape index (κ2) is 9.64. The van der Waals surface area contributed by atoms with Gasteiger partial charge in [-0.05, 0) is 50.3 Å². The Morgan fingerprint density at radius 1 is 1.31 bits per heavy atom. The Hall–Kier alpha value is -1.99. The summed E-state index contributed by atoms with van der Waals surface area (Å²) in [4.78, 5) is 20.9. The van der Waals surface area contributed by atoms with Crippen molar-refractivity contribution in [2.24, 2.45) is 5.92 Å². The molecule has 2 aromatic heterocycles. The second-order valence-corrected chi connectivity index (χ2v) is 6.85. The number of halogens is 1. The van der Waals surface area contributed by atoms with Crippen LogP contribution >= 0.6 is 12.4 Å². The molecule has 142 valence electrons. The van der Waals surface area contributed by atoms with Gasteiger partial charge in [-0.25, -0.2) is 9.97 Å². The van der Waals surface area contributed by atoms with E-state index in [4.69, 9.17) is 0 Å². The number of nitrogens with zero attached hydrogens (tertiary/aromatic N) is 4. The number of hydrogen-bond acceptors (Lipinski definition) is 5. The Morgan fingerprint density at radius 2 is 2.00 bits per heavy atom. The van der Waals surface area contributed by atoms with Crippen LogP contribution in [0.5, 0.6) is 0 Å². The quantitative estimate of drug-likeness (QED) is 0.807. The molecular formula is C18H27ClN6O. The summed E-state index contributed by atoms with van der Waals surface area (Å²) in [5, 5.41) is 10.9. The van der Waals surface area contributed by atoms with Crippen LogP contribution in [0.1, 0.15) is 51.1 Å². The average Bonchev–Trinajstić information content (AvgIpc) is 3.06. The summed E-state index contributed by atoms with van der Waals surface area (Å²) in [5.74, 6) is 2.01. The fraction of sp³-hybridized carbons (Fsp3) is 0.556. The summed E-state index contributed by atoms with van der Waals surface area (Å²) in [6, 6.07) is 3.66. The Morgan fingerprint density at radius 3 is 2.65 bits per heavy atom. The van der Waals surface area contributed by atoms with E-state index in [2.05, 4.69) is 39.5 Å². The van der Waals surface area contributed by atoms with Gasteiger partial charge in [-0.1, -0.05) is 13.8 Å². The summed E-state index contributed by atoms with van der Waals surface area (Å²) >= 11 is 0. The van der Waals surface area contributed by atoms with Crippen molar-refractivity contribution in [3.05, 3.63) is 30.2 Å². The lowest BCUT2D eigenvalue weighted by atomic mass is 9.93. The summed E-state index contributed by atoms with van der Waals surface area (Å²) < 4.78 is 1.61. The predicted octanol–water partition coefficient (Wildman–Crippen LogP) is 2.93. The number of anilines is 1. The monoisotopic (exact) mass is 378 g/mol. The molecule has 1 saturated heterocycles. The van der Waals surface area contributed by atoms with E-state index in [-0.39, 0.29) is 24.2 Å². The highest BCUT2D eigenvalue weighted by atomic mass is 35.5. The predicted molar refractivity (Wildman–Crippen MR) is 104 cm³/mol. The third-order valence-electron chi connectivity index (χ3n) is 4.57. The first-order valence-electron chi connectivity index (χ1n) is 9.01. The highest BCUT2D eigenvalue weighted by molar-refractivity contribution is 5.90. The van der Waals surface area contributed by atoms with Gasteiger partial charge in [-0.15, -0.1) is 12.4 Å². The van der Waals surface area contributed by atoms with Crippen molar-refractivity contribution >= 4 is 24.1 Å². The number of carbonyl (C=O) groups is 1. The molecule has 26 heavy (non-hydrogen) atoms. The molecular weight excluding hydrogens is 352 g/mol. The Balaban J connectivity index is 0.00000243. The molecule has 0 spiro atoms. The highest BCUT2D eigenvalue weighted by Crippen LogP contribution is 2.22. The van der Waals surface area contributed by atoms with Crippen LogP contribution in [0.3, 0.4) is 0 Å². The molecule has 0 radical (unpaired) electrons. The highest BCUT2D eigenvalue weighted by Gasteiger charge is 2.18. The molecule has 0 atom stereocenters. The lowest BCUT2D eigenvalue weighted by molar-refractivity contribution is -0.116. The molecule has 0 bridgehead atoms. The first-order valence-corrected chi connectivity index (χ1v) is 9.01. The Labute approximate surface area is 160 Å². The molecule has 0 aliphatic carbocycles. The van der Waals surface area contributed by atoms with Crippen LogP contribution in [0.15, 0.2) is 24.5 Å². The van der Waals surface area contributed by atoms with E-state index < -0.39 is 0 Å². The van der Waals surface area contributed by atoms with Gasteiger partial charge < -0.3 is 10.6 Å². The molecule has 8 heteroatoms. The minimum Gasteiger partial charge on any atom is -0.317 e. The van der Waals surface area contributed by atoms with Crippen LogP contribution in [0, 0.1) is 5.92 Å². The number of hydrogen-bond donors (Lipinski definition) is 2. The van der Waals surface area contributed by atoms with Gasteiger partial charge in [-0.2, -0.15) is 9.78 Å². The van der Waals surface area contributed by atoms with Gasteiger partial charge in [0.15, 0.2) is 0 Å². The summed E-state index contributed by atoms with van der Waals surface area (Å²) in [6.07, 6.45) is 7.10. The summed E-state index contributed by atoms with van der Waals surface area (Å²) in [5.41, 5.74) is 0.904. The third-order valence-corrected chi connectivity index (χ3v) is 4.57. The number of nitrogens with one attached hydrogen (secondary N) is 2. The van der Waals surface area contributed by atoms with Crippen LogP contribution in [0.25, 0.3) is 5.95 Å². The van der Waals surface area contributed by atoms with Gasteiger partial charge in [0.05, 0.1) is 5.69 Å². The largest absolute Gasteiger partial charge is 0.317 e. The lowest BCUT2D eigenvalue weighted by Gasteiger charge is -2.22. The van der Waals surface area contributed by atoms with E-state index in [1.165, 1.54) is 0 Å². The Kier molecular flexibility index (Phi) is 7.53. The van der Waals surface area contributed by atoms with E-state index in [0.717, 1.165) is 38.0 Å². The van der Waals surface area contributed by atoms with Crippen molar-refractivity contribution in [2.45, 2.75) is 45.4 Å². The fourth-order valence-electron chi connectivity index (χ4n) is 3.03. The molecule has 2 aromatic rings. The SMILES string of the molecule is CC(C)c1cc(NC(=O)CCC2CCNCC2)n(-c2ncccn2)n1.Cl. The van der Waals surface area contributed by atoms with Crippen LogP contribution in [-0.4, -0.2) is 38.7 Å². The third kappa shape index (κ3) is 5.25. The maximum atomic E-state index is 12.4. The van der Waals surface area contributed by atoms with Crippen LogP contribution in [-0.2, 0) is 4.79 Å². The second-order valence-electron chi connectivity index (χ2n) is 6.85. The van der Waals surface area contributed by atoms with Crippen molar-refractivity contribution in [2.75, 3.05) is 18.4 Å². The molecule has 0 aromatic carbocycles. The van der Waals surface area contributed by atoms with E-state index in [0.29, 0.717) is 24.1 Å². The first-order chi connectivity index (χ1) is 12.1. The minimum absolute atomic E-state index is 0. The molecule has 1 fully saturated rings. The van der Waals surface area contributed by atoms with Gasteiger partial charge >= 0.3 is 0 Å². The van der Waals surface area contributed by atoms with E-state index in [1.807, 2.05) is 6.07 Å². The minimum atomic E-state index is 0. The zero-order chi connectivity index (χ0) is 17.6. The lowest BCUT2D eigenvalue weighted by Crippen LogP contribution is -2.28. The van der Waals surface area contributed by atoms with E-state index in [9.17, 15) is 4.79 Å². The smallest absolute Gasteiger partial charge is 0.252 e. The molecule has 2 N–H and O–H groups in total. The maximum absolute atomic E-state index is 12.4. The van der Waals surface area contributed by atoms with Crippen LogP contribution in [0.2, 0.25) is 0 Å². The van der Waals surface area contributed by atoms with E-state index in [1.54, 1.807) is 23.1 Å². The van der Waals surface area contributed by atoms with Crippen LogP contribution in [0.4, 0.5) is 5.82 Å². The fourth-order valence-corrected chi connectivity index (χ4v) is 3.03. The zero-order valence-electron chi connectivity index (χ0n) is 15.3. The van der Waals surface area contributed by atoms with Crippen molar-refractivity contribution in [1.29, 1.82) is 0 Å². The summed E-state index contributed by atoms with van der Waals surface area (Å²) in [7, 11) is 0. The normalized spacial score (nSPS) is 14.9. The first kappa shape index (κ1) is 20.3. The molecule has 3 rings (SSSR count). The molecule has 0 saturated carbocycles. The zero-order valence-corrected chi connectivity index (χ0v) is 16.1. The molecule has 1 aliphatic heterocycles. The van der Waals surface area contributed by atoms with Gasteiger partial charge in [-0.3, -0.25) is 4.79 Å². The van der Waals surface area contributed by atoms with Gasteiger partial charge in [0.1, 0.15) is 5.82 Å². The number of aromatic nitrogens is 4. The molecule has 7 nitrogen and oxygen atoms in total. The van der Waals surface area contributed by atoms with Crippen LogP contribution < -0.4 is 10.6 Å². The van der Waals surface area contributed by atoms with Gasteiger partial charge in [0.2, 0.25) is 5.91 Å². The van der Waals surface area contributed by atoms with E-state index >= 15 is 0 Å². The standard InChI is InChI=1S/C18H26N6O.ClH/c1-13(2)15-12-16(24(23-15)18-20-8-3-9-21-18)22-17(25)5-4-14-6-10-19-11-7-14;/h3,8-9,12-14,19H,4-7,10-11H2,1-2H3,(H,22,25);1H. The number of carbonyl (C=O) groups excluding carboxylic acids is 1. The van der Waals surface area contributed by atoms with Gasteiger partial charge in [0, 0.05) is 24.9 Å². The van der Waals surface area contributed by atoms with Gasteiger partial charge in [0.25, 0.3) is 5.95 Å². The average molecular weight is 379 g/mol. The van der Waals surface area contributed by atoms with Crippen molar-refractivity contribution in [3.8, 4) is 5.95 Å². The number of piperidine rings is 1.